The minimum absolute atomic E-state index is 0.0524. The van der Waals surface area contributed by atoms with Gasteiger partial charge in [-0.2, -0.15) is 0 Å². The van der Waals surface area contributed by atoms with Gasteiger partial charge in [0.05, 0.1) is 12.6 Å². The van der Waals surface area contributed by atoms with E-state index in [-0.39, 0.29) is 11.9 Å². The van der Waals surface area contributed by atoms with Crippen LogP contribution in [0, 0.1) is 11.7 Å². The van der Waals surface area contributed by atoms with Gasteiger partial charge >= 0.3 is 0 Å². The first-order chi connectivity index (χ1) is 11.9. The van der Waals surface area contributed by atoms with E-state index in [1.807, 2.05) is 20.2 Å². The number of ether oxygens (including phenoxy) is 1. The molecule has 5 nitrogen and oxygen atoms in total. The highest BCUT2D eigenvalue weighted by Gasteiger charge is 2.15. The summed E-state index contributed by atoms with van der Waals surface area (Å²) in [4.78, 5) is 6.28. The molecular formula is C19H33FN4O. The molecule has 0 saturated heterocycles. The highest BCUT2D eigenvalue weighted by Crippen LogP contribution is 2.18. The van der Waals surface area contributed by atoms with Gasteiger partial charge in [-0.15, -0.1) is 0 Å². The van der Waals surface area contributed by atoms with E-state index < -0.39 is 0 Å². The Morgan fingerprint density at radius 1 is 1.24 bits per heavy atom. The van der Waals surface area contributed by atoms with E-state index in [2.05, 4.69) is 34.4 Å². The third-order valence-electron chi connectivity index (χ3n) is 3.92. The van der Waals surface area contributed by atoms with Gasteiger partial charge in [0.15, 0.2) is 5.96 Å². The summed E-state index contributed by atoms with van der Waals surface area (Å²) in [7, 11) is 5.70. The lowest BCUT2D eigenvalue weighted by Gasteiger charge is -2.26. The maximum absolute atomic E-state index is 13.5. The minimum Gasteiger partial charge on any atom is -0.380 e. The molecule has 1 aromatic rings. The van der Waals surface area contributed by atoms with Crippen LogP contribution in [0.1, 0.15) is 31.9 Å². The molecule has 0 fully saturated rings. The van der Waals surface area contributed by atoms with Gasteiger partial charge in [-0.1, -0.05) is 26.0 Å². The van der Waals surface area contributed by atoms with E-state index in [4.69, 9.17) is 4.74 Å². The number of nitrogens with one attached hydrogen (secondary N) is 2. The number of guanidine groups is 1. The molecule has 0 saturated carbocycles. The number of hydrogen-bond donors (Lipinski definition) is 2. The summed E-state index contributed by atoms with van der Waals surface area (Å²) in [6, 6.07) is 6.77. The van der Waals surface area contributed by atoms with E-state index in [9.17, 15) is 4.39 Å². The van der Waals surface area contributed by atoms with Crippen LogP contribution in [-0.4, -0.2) is 58.3 Å². The monoisotopic (exact) mass is 352 g/mol. The molecule has 2 N–H and O–H groups in total. The molecule has 0 aliphatic carbocycles. The lowest BCUT2D eigenvalue weighted by molar-refractivity contribution is 0.128. The Balaban J connectivity index is 2.41. The van der Waals surface area contributed by atoms with Crippen LogP contribution in [0.2, 0.25) is 0 Å². The third-order valence-corrected chi connectivity index (χ3v) is 3.92. The number of aliphatic imine (C=N–C) groups is 1. The second-order valence-corrected chi connectivity index (χ2v) is 6.71. The molecule has 0 spiro atoms. The molecule has 142 valence electrons. The van der Waals surface area contributed by atoms with Crippen molar-refractivity contribution >= 4 is 5.96 Å². The van der Waals surface area contributed by atoms with Crippen molar-refractivity contribution < 1.29 is 9.13 Å². The van der Waals surface area contributed by atoms with Crippen molar-refractivity contribution in [2.75, 3.05) is 47.4 Å². The first kappa shape index (κ1) is 21.4. The normalized spacial score (nSPS) is 13.4. The molecule has 0 aromatic heterocycles. The van der Waals surface area contributed by atoms with Crippen LogP contribution >= 0.6 is 0 Å². The summed E-state index contributed by atoms with van der Waals surface area (Å²) in [5.74, 6) is 1.16. The van der Waals surface area contributed by atoms with Crippen molar-refractivity contribution in [1.29, 1.82) is 0 Å². The summed E-state index contributed by atoms with van der Waals surface area (Å²) in [6.07, 6.45) is 1.07. The van der Waals surface area contributed by atoms with Gasteiger partial charge in [0.1, 0.15) is 5.82 Å². The van der Waals surface area contributed by atoms with Gasteiger partial charge in [0.25, 0.3) is 0 Å². The van der Waals surface area contributed by atoms with Crippen LogP contribution in [0.25, 0.3) is 0 Å². The SMILES string of the molecule is CN=C(NCCOCCC(C)C)NCC(c1cccc(F)c1)N(C)C. The van der Waals surface area contributed by atoms with Gasteiger partial charge in [0.2, 0.25) is 0 Å². The standard InChI is InChI=1S/C19H33FN4O/c1-15(2)9-11-25-12-10-22-19(21-3)23-14-18(24(4)5)16-7-6-8-17(20)13-16/h6-8,13,15,18H,9-12,14H2,1-5H3,(H2,21,22,23). The molecule has 0 aliphatic heterocycles. The van der Waals surface area contributed by atoms with Crippen LogP contribution in [0.5, 0.6) is 0 Å². The van der Waals surface area contributed by atoms with Gasteiger partial charge in [-0.3, -0.25) is 4.99 Å². The van der Waals surface area contributed by atoms with Crippen molar-refractivity contribution in [2.45, 2.75) is 26.3 Å². The average molecular weight is 352 g/mol. The molecule has 1 unspecified atom stereocenters. The highest BCUT2D eigenvalue weighted by molar-refractivity contribution is 5.79. The number of halogens is 1. The predicted molar refractivity (Wildman–Crippen MR) is 102 cm³/mol. The summed E-state index contributed by atoms with van der Waals surface area (Å²) >= 11 is 0. The van der Waals surface area contributed by atoms with Crippen molar-refractivity contribution in [3.63, 3.8) is 0 Å². The zero-order chi connectivity index (χ0) is 18.7. The molecule has 1 aromatic carbocycles. The van der Waals surface area contributed by atoms with E-state index in [0.29, 0.717) is 25.6 Å². The molecule has 6 heteroatoms. The Kier molecular flexibility index (Phi) is 10.1. The third kappa shape index (κ3) is 8.84. The molecular weight excluding hydrogens is 319 g/mol. The van der Waals surface area contributed by atoms with Crippen LogP contribution in [0.4, 0.5) is 4.39 Å². The molecule has 25 heavy (non-hydrogen) atoms. The Morgan fingerprint density at radius 2 is 2.00 bits per heavy atom. The van der Waals surface area contributed by atoms with E-state index in [1.165, 1.54) is 6.07 Å². The zero-order valence-corrected chi connectivity index (χ0v) is 16.2. The van der Waals surface area contributed by atoms with Crippen molar-refractivity contribution in [2.24, 2.45) is 10.9 Å². The molecule has 0 bridgehead atoms. The summed E-state index contributed by atoms with van der Waals surface area (Å²) in [6.45, 7) is 7.14. The molecule has 1 atom stereocenters. The fourth-order valence-corrected chi connectivity index (χ4v) is 2.39. The van der Waals surface area contributed by atoms with Crippen molar-refractivity contribution in [3.8, 4) is 0 Å². The van der Waals surface area contributed by atoms with E-state index in [1.54, 1.807) is 19.2 Å². The molecule has 0 radical (unpaired) electrons. The predicted octanol–water partition coefficient (Wildman–Crippen LogP) is 2.66. The first-order valence-corrected chi connectivity index (χ1v) is 8.88. The second-order valence-electron chi connectivity index (χ2n) is 6.71. The maximum atomic E-state index is 13.5. The fraction of sp³-hybridized carbons (Fsp3) is 0.632. The molecule has 0 aliphatic rings. The maximum Gasteiger partial charge on any atom is 0.191 e. The Bertz CT molecular complexity index is 520. The zero-order valence-electron chi connectivity index (χ0n) is 16.2. The largest absolute Gasteiger partial charge is 0.380 e. The number of nitrogens with zero attached hydrogens (tertiary/aromatic N) is 2. The Labute approximate surface area is 151 Å². The van der Waals surface area contributed by atoms with Gasteiger partial charge in [-0.25, -0.2) is 4.39 Å². The van der Waals surface area contributed by atoms with Gasteiger partial charge < -0.3 is 20.3 Å². The quantitative estimate of drug-likeness (QED) is 0.386. The Morgan fingerprint density at radius 3 is 2.60 bits per heavy atom. The van der Waals surface area contributed by atoms with Gasteiger partial charge in [-0.05, 0) is 44.1 Å². The fourth-order valence-electron chi connectivity index (χ4n) is 2.39. The lowest BCUT2D eigenvalue weighted by Crippen LogP contribution is -2.42. The van der Waals surface area contributed by atoms with Crippen LogP contribution in [0.3, 0.4) is 0 Å². The number of benzene rings is 1. The summed E-state index contributed by atoms with van der Waals surface area (Å²) in [5, 5.41) is 6.53. The first-order valence-electron chi connectivity index (χ1n) is 8.88. The molecule has 1 rings (SSSR count). The summed E-state index contributed by atoms with van der Waals surface area (Å²) < 4.78 is 19.1. The molecule has 0 heterocycles. The van der Waals surface area contributed by atoms with Gasteiger partial charge in [0, 0.05) is 26.7 Å². The lowest BCUT2D eigenvalue weighted by atomic mass is 10.1. The van der Waals surface area contributed by atoms with Crippen molar-refractivity contribution in [1.82, 2.24) is 15.5 Å². The number of likely N-dealkylation sites (N-methyl/N-ethyl adjacent to an activating group) is 1. The minimum atomic E-state index is -0.217. The highest BCUT2D eigenvalue weighted by atomic mass is 19.1. The Hall–Kier alpha value is -1.66. The summed E-state index contributed by atoms with van der Waals surface area (Å²) in [5.41, 5.74) is 0.935. The van der Waals surface area contributed by atoms with Crippen LogP contribution in [-0.2, 0) is 4.74 Å². The van der Waals surface area contributed by atoms with Crippen molar-refractivity contribution in [3.05, 3.63) is 35.6 Å². The van der Waals surface area contributed by atoms with E-state index in [0.717, 1.165) is 24.6 Å². The van der Waals surface area contributed by atoms with E-state index >= 15 is 0 Å². The molecule has 0 amide bonds. The van der Waals surface area contributed by atoms with Crippen LogP contribution in [0.15, 0.2) is 29.3 Å². The van der Waals surface area contributed by atoms with Crippen LogP contribution < -0.4 is 10.6 Å². The average Bonchev–Trinajstić information content (AvgIpc) is 2.55. The smallest absolute Gasteiger partial charge is 0.191 e. The topological polar surface area (TPSA) is 48.9 Å². The number of rotatable bonds is 10. The second kappa shape index (κ2) is 11.8. The number of hydrogen-bond acceptors (Lipinski definition) is 3.